The number of hydrogen-bond acceptors (Lipinski definition) is 0. The van der Waals surface area contributed by atoms with Gasteiger partial charge in [0.05, 0.1) is 0 Å². The van der Waals surface area contributed by atoms with Crippen molar-refractivity contribution in [1.82, 2.24) is 0 Å². The minimum Gasteiger partial charge on any atom is -0.0848 e. The summed E-state index contributed by atoms with van der Waals surface area (Å²) in [5.41, 5.74) is 8.13. The van der Waals surface area contributed by atoms with Crippen LogP contribution >= 0.6 is 0 Å². The van der Waals surface area contributed by atoms with Gasteiger partial charge in [0, 0.05) is 0 Å². The van der Waals surface area contributed by atoms with Crippen LogP contribution in [-0.2, 0) is 17.3 Å². The van der Waals surface area contributed by atoms with Gasteiger partial charge in [-0.3, -0.25) is 0 Å². The van der Waals surface area contributed by atoms with Crippen LogP contribution in [0, 0.1) is 6.92 Å². The Morgan fingerprint density at radius 1 is 1.04 bits per heavy atom. The first-order valence-electron chi connectivity index (χ1n) is 9.14. The van der Waals surface area contributed by atoms with E-state index < -0.39 is 0 Å². The molecule has 0 bridgehead atoms. The van der Waals surface area contributed by atoms with Crippen LogP contribution in [0.15, 0.2) is 35.9 Å². The van der Waals surface area contributed by atoms with Gasteiger partial charge in [-0.2, -0.15) is 0 Å². The van der Waals surface area contributed by atoms with Gasteiger partial charge in [0.1, 0.15) is 0 Å². The zero-order valence-corrected chi connectivity index (χ0v) is 16.2. The van der Waals surface area contributed by atoms with Gasteiger partial charge in [0.2, 0.25) is 0 Å². The molecule has 0 amide bonds. The van der Waals surface area contributed by atoms with Gasteiger partial charge < -0.3 is 0 Å². The number of hydrogen-bond donors (Lipinski definition) is 0. The number of rotatable bonds is 4. The van der Waals surface area contributed by atoms with E-state index in [4.69, 9.17) is 0 Å². The van der Waals surface area contributed by atoms with Crippen molar-refractivity contribution in [3.63, 3.8) is 0 Å². The third-order valence-electron chi connectivity index (χ3n) is 5.53. The summed E-state index contributed by atoms with van der Waals surface area (Å²) >= 11 is 0. The second-order valence-electron chi connectivity index (χ2n) is 8.62. The second-order valence-corrected chi connectivity index (χ2v) is 8.62. The number of benzene rings is 1. The first-order chi connectivity index (χ1) is 10.7. The summed E-state index contributed by atoms with van der Waals surface area (Å²) in [5, 5.41) is 0. The molecule has 0 unspecified atom stereocenters. The molecule has 0 N–H and O–H groups in total. The van der Waals surface area contributed by atoms with E-state index >= 15 is 0 Å². The minimum atomic E-state index is 0.299. The lowest BCUT2D eigenvalue weighted by Gasteiger charge is -2.42. The summed E-state index contributed by atoms with van der Waals surface area (Å²) in [6.07, 6.45) is 11.4. The molecule has 1 aromatic carbocycles. The Kier molecular flexibility index (Phi) is 5.23. The fraction of sp³-hybridized carbons (Fsp3) is 0.565. The lowest BCUT2D eigenvalue weighted by molar-refractivity contribution is 0.331. The molecule has 0 heterocycles. The van der Waals surface area contributed by atoms with Crippen LogP contribution in [-0.4, -0.2) is 0 Å². The summed E-state index contributed by atoms with van der Waals surface area (Å²) < 4.78 is 0. The van der Waals surface area contributed by atoms with Crippen LogP contribution in [0.5, 0.6) is 0 Å². The van der Waals surface area contributed by atoms with Crippen molar-refractivity contribution in [2.24, 2.45) is 0 Å². The molecular formula is C23H34. The van der Waals surface area contributed by atoms with E-state index in [1.807, 2.05) is 0 Å². The largest absolute Gasteiger partial charge is 0.0848 e. The average molecular weight is 311 g/mol. The monoisotopic (exact) mass is 310 g/mol. The Hall–Kier alpha value is -1.30. The Bertz CT molecular complexity index is 624. The van der Waals surface area contributed by atoms with Crippen molar-refractivity contribution in [3.8, 4) is 0 Å². The van der Waals surface area contributed by atoms with Crippen molar-refractivity contribution in [1.29, 1.82) is 0 Å². The molecule has 0 aliphatic heterocycles. The maximum atomic E-state index is 2.51. The van der Waals surface area contributed by atoms with Crippen molar-refractivity contribution in [2.45, 2.75) is 85.0 Å². The molecule has 0 saturated heterocycles. The highest BCUT2D eigenvalue weighted by molar-refractivity contribution is 5.47. The molecule has 23 heavy (non-hydrogen) atoms. The van der Waals surface area contributed by atoms with E-state index in [9.17, 15) is 0 Å². The predicted molar refractivity (Wildman–Crippen MR) is 103 cm³/mol. The molecule has 1 aliphatic carbocycles. The highest BCUT2D eigenvalue weighted by Crippen LogP contribution is 2.46. The molecule has 0 spiro atoms. The fourth-order valence-corrected chi connectivity index (χ4v) is 3.69. The highest BCUT2D eigenvalue weighted by atomic mass is 14.4. The van der Waals surface area contributed by atoms with E-state index in [2.05, 4.69) is 78.8 Å². The molecule has 126 valence electrons. The standard InChI is InChI=1S/C23H34/c1-8-9-10-11-17(2)14-19-16-21-20(15-18(19)3)22(4,5)12-13-23(21,6)7/h9-11,15-16H,8,12-14H2,1-7H3/b10-9+,17-11+. The summed E-state index contributed by atoms with van der Waals surface area (Å²) in [6.45, 7) is 16.3. The van der Waals surface area contributed by atoms with E-state index in [1.165, 1.54) is 29.5 Å². The van der Waals surface area contributed by atoms with Crippen molar-refractivity contribution in [3.05, 3.63) is 58.2 Å². The van der Waals surface area contributed by atoms with Crippen LogP contribution in [0.1, 0.15) is 83.1 Å². The number of fused-ring (bicyclic) bond motifs is 1. The topological polar surface area (TPSA) is 0 Å². The molecule has 0 radical (unpaired) electrons. The van der Waals surface area contributed by atoms with E-state index in [0.29, 0.717) is 10.8 Å². The van der Waals surface area contributed by atoms with Crippen LogP contribution in [0.4, 0.5) is 0 Å². The molecule has 1 aliphatic rings. The van der Waals surface area contributed by atoms with Crippen molar-refractivity contribution in [2.75, 3.05) is 0 Å². The normalized spacial score (nSPS) is 19.9. The number of aryl methyl sites for hydroxylation is 1. The lowest BCUT2D eigenvalue weighted by atomic mass is 9.62. The smallest absolute Gasteiger partial charge is 0.00640 e. The Morgan fingerprint density at radius 3 is 2.17 bits per heavy atom. The Labute approximate surface area is 143 Å². The van der Waals surface area contributed by atoms with Crippen molar-refractivity contribution < 1.29 is 0 Å². The van der Waals surface area contributed by atoms with Gasteiger partial charge in [0.15, 0.2) is 0 Å². The van der Waals surface area contributed by atoms with Gasteiger partial charge >= 0.3 is 0 Å². The molecule has 0 saturated carbocycles. The molecule has 0 fully saturated rings. The van der Waals surface area contributed by atoms with Gasteiger partial charge in [-0.25, -0.2) is 0 Å². The Balaban J connectivity index is 2.41. The quantitative estimate of drug-likeness (QED) is 0.536. The minimum absolute atomic E-state index is 0.299. The average Bonchev–Trinajstić information content (AvgIpc) is 2.46. The van der Waals surface area contributed by atoms with E-state index in [0.717, 1.165) is 12.8 Å². The maximum absolute atomic E-state index is 2.51. The molecule has 0 atom stereocenters. The molecule has 0 aromatic heterocycles. The van der Waals surface area contributed by atoms with Crippen LogP contribution < -0.4 is 0 Å². The zero-order chi connectivity index (χ0) is 17.3. The summed E-state index contributed by atoms with van der Waals surface area (Å²) in [6, 6.07) is 4.98. The van der Waals surface area contributed by atoms with Gasteiger partial charge in [0.25, 0.3) is 0 Å². The Morgan fingerprint density at radius 2 is 1.61 bits per heavy atom. The van der Waals surface area contributed by atoms with E-state index in [1.54, 1.807) is 11.1 Å². The third kappa shape index (κ3) is 3.97. The van der Waals surface area contributed by atoms with Crippen LogP contribution in [0.25, 0.3) is 0 Å². The lowest BCUT2D eigenvalue weighted by Crippen LogP contribution is -2.34. The maximum Gasteiger partial charge on any atom is -0.00640 e. The summed E-state index contributed by atoms with van der Waals surface area (Å²) in [4.78, 5) is 0. The van der Waals surface area contributed by atoms with Crippen LogP contribution in [0.3, 0.4) is 0 Å². The fourth-order valence-electron chi connectivity index (χ4n) is 3.69. The van der Waals surface area contributed by atoms with Gasteiger partial charge in [-0.15, -0.1) is 0 Å². The third-order valence-corrected chi connectivity index (χ3v) is 5.53. The number of allylic oxidation sites excluding steroid dienone is 4. The molecule has 2 rings (SSSR count). The molecular weight excluding hydrogens is 276 g/mol. The van der Waals surface area contributed by atoms with Gasteiger partial charge in [-0.05, 0) is 72.6 Å². The summed E-state index contributed by atoms with van der Waals surface area (Å²) in [5.74, 6) is 0. The van der Waals surface area contributed by atoms with Crippen LogP contribution in [0.2, 0.25) is 0 Å². The predicted octanol–water partition coefficient (Wildman–Crippen LogP) is 6.80. The molecule has 0 nitrogen and oxygen atoms in total. The van der Waals surface area contributed by atoms with Gasteiger partial charge in [-0.1, -0.05) is 70.6 Å². The first-order valence-corrected chi connectivity index (χ1v) is 9.14. The van der Waals surface area contributed by atoms with Crippen molar-refractivity contribution >= 4 is 0 Å². The SMILES string of the molecule is CC/C=C/C=C(\C)Cc1cc2c(cc1C)C(C)(C)CCC2(C)C. The second kappa shape index (κ2) is 6.67. The zero-order valence-electron chi connectivity index (χ0n) is 16.2. The van der Waals surface area contributed by atoms with E-state index in [-0.39, 0.29) is 0 Å². The first kappa shape index (κ1) is 18.0. The molecule has 0 heteroatoms. The molecule has 1 aromatic rings. The summed E-state index contributed by atoms with van der Waals surface area (Å²) in [7, 11) is 0. The highest BCUT2D eigenvalue weighted by Gasteiger charge is 2.37.